The van der Waals surface area contributed by atoms with Crippen LogP contribution in [0.3, 0.4) is 0 Å². The van der Waals surface area contributed by atoms with E-state index < -0.39 is 21.7 Å². The molecule has 0 bridgehead atoms. The molecule has 102 valence electrons. The van der Waals surface area contributed by atoms with Gasteiger partial charge in [-0.15, -0.1) is 11.3 Å². The molecule has 1 heterocycles. The van der Waals surface area contributed by atoms with Gasteiger partial charge in [0.25, 0.3) is 5.91 Å². The highest BCUT2D eigenvalue weighted by Crippen LogP contribution is 2.22. The summed E-state index contributed by atoms with van der Waals surface area (Å²) < 4.78 is 39.0. The topological polar surface area (TPSA) is 76.1 Å². The third-order valence-corrected chi connectivity index (χ3v) is 4.59. The molecule has 0 aliphatic carbocycles. The van der Waals surface area contributed by atoms with Crippen molar-refractivity contribution in [2.75, 3.05) is 5.75 Å². The van der Waals surface area contributed by atoms with Crippen LogP contribution in [0.25, 0.3) is 10.2 Å². The van der Waals surface area contributed by atoms with Crippen molar-refractivity contribution >= 4 is 37.5 Å². The van der Waals surface area contributed by atoms with Crippen LogP contribution in [0.5, 0.6) is 0 Å². The van der Waals surface area contributed by atoms with Gasteiger partial charge in [-0.25, -0.2) is 22.5 Å². The molecular formula is C11H11FN2O3S2. The second-order valence-electron chi connectivity index (χ2n) is 3.91. The van der Waals surface area contributed by atoms with Crippen LogP contribution in [-0.4, -0.2) is 25.1 Å². The zero-order valence-corrected chi connectivity index (χ0v) is 11.6. The highest BCUT2D eigenvalue weighted by Gasteiger charge is 2.17. The van der Waals surface area contributed by atoms with Crippen LogP contribution in [0.2, 0.25) is 0 Å². The van der Waals surface area contributed by atoms with Gasteiger partial charge in [0.15, 0.2) is 5.82 Å². The van der Waals surface area contributed by atoms with Gasteiger partial charge >= 0.3 is 0 Å². The summed E-state index contributed by atoms with van der Waals surface area (Å²) in [7, 11) is -3.67. The summed E-state index contributed by atoms with van der Waals surface area (Å²) in [5.74, 6) is -1.62. The van der Waals surface area contributed by atoms with E-state index in [1.54, 1.807) is 6.92 Å². The van der Waals surface area contributed by atoms with Gasteiger partial charge in [-0.05, 0) is 18.6 Å². The minimum Gasteiger partial charge on any atom is -0.268 e. The first kappa shape index (κ1) is 13.9. The number of hydrogen-bond donors (Lipinski definition) is 1. The molecule has 0 radical (unpaired) electrons. The number of aromatic nitrogens is 1. The Kier molecular flexibility index (Phi) is 3.81. The Morgan fingerprint density at radius 2 is 2.21 bits per heavy atom. The number of amides is 1. The van der Waals surface area contributed by atoms with Gasteiger partial charge in [-0.2, -0.15) is 0 Å². The first-order valence-electron chi connectivity index (χ1n) is 5.50. The highest BCUT2D eigenvalue weighted by molar-refractivity contribution is 7.90. The van der Waals surface area contributed by atoms with Crippen molar-refractivity contribution < 1.29 is 17.6 Å². The van der Waals surface area contributed by atoms with Gasteiger partial charge in [-0.3, -0.25) is 4.79 Å². The number of halogens is 1. The molecule has 2 aromatic rings. The number of nitrogens with one attached hydrogen (secondary N) is 1. The Bertz CT molecular complexity index is 725. The van der Waals surface area contributed by atoms with Crippen LogP contribution < -0.4 is 4.72 Å². The molecule has 1 amide bonds. The average molecular weight is 302 g/mol. The van der Waals surface area contributed by atoms with E-state index in [0.717, 1.165) is 6.07 Å². The maximum absolute atomic E-state index is 13.6. The lowest BCUT2D eigenvalue weighted by molar-refractivity contribution is 0.0981. The van der Waals surface area contributed by atoms with E-state index in [4.69, 9.17) is 0 Å². The standard InChI is InChI=1S/C11H11FN2O3S2/c1-2-3-19(16,17)14-11(15)7-4-8(12)10-9(5-7)18-6-13-10/h4-6H,2-3H2,1H3,(H,14,15). The monoisotopic (exact) mass is 302 g/mol. The van der Waals surface area contributed by atoms with E-state index in [-0.39, 0.29) is 16.8 Å². The van der Waals surface area contributed by atoms with Gasteiger partial charge in [0.1, 0.15) is 5.52 Å². The number of fused-ring (bicyclic) bond motifs is 1. The molecular weight excluding hydrogens is 291 g/mol. The first-order chi connectivity index (χ1) is 8.93. The second kappa shape index (κ2) is 5.22. The molecule has 0 saturated carbocycles. The van der Waals surface area contributed by atoms with Crippen LogP contribution in [0.4, 0.5) is 4.39 Å². The van der Waals surface area contributed by atoms with Gasteiger partial charge in [0.2, 0.25) is 10.0 Å². The van der Waals surface area contributed by atoms with E-state index in [0.29, 0.717) is 11.1 Å². The smallest absolute Gasteiger partial charge is 0.264 e. The molecule has 0 spiro atoms. The summed E-state index contributed by atoms with van der Waals surface area (Å²) in [6.45, 7) is 1.69. The van der Waals surface area contributed by atoms with Gasteiger partial charge in [0.05, 0.1) is 16.0 Å². The van der Waals surface area contributed by atoms with Crippen molar-refractivity contribution in [2.24, 2.45) is 0 Å². The predicted molar refractivity (Wildman–Crippen MR) is 71.1 cm³/mol. The van der Waals surface area contributed by atoms with Crippen molar-refractivity contribution in [2.45, 2.75) is 13.3 Å². The second-order valence-corrected chi connectivity index (χ2v) is 6.64. The Morgan fingerprint density at radius 3 is 2.89 bits per heavy atom. The maximum Gasteiger partial charge on any atom is 0.264 e. The molecule has 0 atom stereocenters. The summed E-state index contributed by atoms with van der Waals surface area (Å²) in [4.78, 5) is 15.6. The fraction of sp³-hybridized carbons (Fsp3) is 0.273. The predicted octanol–water partition coefficient (Wildman–Crippen LogP) is 1.90. The van der Waals surface area contributed by atoms with Gasteiger partial charge in [-0.1, -0.05) is 6.92 Å². The van der Waals surface area contributed by atoms with Crippen molar-refractivity contribution in [1.82, 2.24) is 9.71 Å². The largest absolute Gasteiger partial charge is 0.268 e. The lowest BCUT2D eigenvalue weighted by Gasteiger charge is -2.06. The molecule has 0 fully saturated rings. The molecule has 0 aliphatic rings. The van der Waals surface area contributed by atoms with E-state index in [1.807, 2.05) is 4.72 Å². The Morgan fingerprint density at radius 1 is 1.47 bits per heavy atom. The number of carbonyl (C=O) groups excluding carboxylic acids is 1. The van der Waals surface area contributed by atoms with Crippen LogP contribution in [-0.2, 0) is 10.0 Å². The lowest BCUT2D eigenvalue weighted by atomic mass is 10.2. The van der Waals surface area contributed by atoms with Crippen LogP contribution >= 0.6 is 11.3 Å². The number of benzene rings is 1. The zero-order chi connectivity index (χ0) is 14.0. The number of hydrogen-bond acceptors (Lipinski definition) is 5. The van der Waals surface area contributed by atoms with Crippen molar-refractivity contribution in [3.63, 3.8) is 0 Å². The molecule has 5 nitrogen and oxygen atoms in total. The summed E-state index contributed by atoms with van der Waals surface area (Å²) in [5.41, 5.74) is 1.61. The van der Waals surface area contributed by atoms with E-state index >= 15 is 0 Å². The van der Waals surface area contributed by atoms with Crippen LogP contribution in [0.15, 0.2) is 17.6 Å². The number of carbonyl (C=O) groups is 1. The summed E-state index contributed by atoms with van der Waals surface area (Å²) in [6, 6.07) is 2.41. The Labute approximate surface area is 113 Å². The minimum absolute atomic E-state index is 0.0334. The SMILES string of the molecule is CCCS(=O)(=O)NC(=O)c1cc(F)c2ncsc2c1. The minimum atomic E-state index is -3.67. The molecule has 2 rings (SSSR count). The van der Waals surface area contributed by atoms with Crippen molar-refractivity contribution in [1.29, 1.82) is 0 Å². The van der Waals surface area contributed by atoms with Crippen LogP contribution in [0, 0.1) is 5.82 Å². The molecule has 1 aromatic carbocycles. The number of nitrogens with zero attached hydrogens (tertiary/aromatic N) is 1. The van der Waals surface area contributed by atoms with E-state index in [1.165, 1.54) is 22.9 Å². The molecule has 1 aromatic heterocycles. The average Bonchev–Trinajstić information content (AvgIpc) is 2.76. The molecule has 0 aliphatic heterocycles. The summed E-state index contributed by atoms with van der Waals surface area (Å²) >= 11 is 1.18. The molecule has 1 N–H and O–H groups in total. The lowest BCUT2D eigenvalue weighted by Crippen LogP contribution is -2.32. The number of sulfonamides is 1. The zero-order valence-electron chi connectivity index (χ0n) is 10.0. The van der Waals surface area contributed by atoms with Crippen molar-refractivity contribution in [3.8, 4) is 0 Å². The third kappa shape index (κ3) is 3.07. The van der Waals surface area contributed by atoms with E-state index in [9.17, 15) is 17.6 Å². The number of thiazole rings is 1. The summed E-state index contributed by atoms with van der Waals surface area (Å²) in [6.07, 6.45) is 0.394. The third-order valence-electron chi connectivity index (χ3n) is 2.37. The summed E-state index contributed by atoms with van der Waals surface area (Å²) in [5, 5.41) is 0. The van der Waals surface area contributed by atoms with Crippen molar-refractivity contribution in [3.05, 3.63) is 29.0 Å². The van der Waals surface area contributed by atoms with Gasteiger partial charge in [0, 0.05) is 5.56 Å². The fourth-order valence-corrected chi connectivity index (χ4v) is 3.34. The number of rotatable bonds is 4. The quantitative estimate of drug-likeness (QED) is 0.936. The maximum atomic E-state index is 13.6. The molecule has 0 saturated heterocycles. The first-order valence-corrected chi connectivity index (χ1v) is 8.03. The Balaban J connectivity index is 2.31. The fourth-order valence-electron chi connectivity index (χ4n) is 1.58. The molecule has 19 heavy (non-hydrogen) atoms. The van der Waals surface area contributed by atoms with Crippen LogP contribution in [0.1, 0.15) is 23.7 Å². The van der Waals surface area contributed by atoms with Gasteiger partial charge < -0.3 is 0 Å². The Hall–Kier alpha value is -1.54. The molecule has 0 unspecified atom stereocenters. The normalized spacial score (nSPS) is 11.7. The molecule has 8 heteroatoms. The van der Waals surface area contributed by atoms with E-state index in [2.05, 4.69) is 4.98 Å². The highest BCUT2D eigenvalue weighted by atomic mass is 32.2.